The third-order valence-electron chi connectivity index (χ3n) is 4.10. The topological polar surface area (TPSA) is 57.0 Å². The Labute approximate surface area is 178 Å². The van der Waals surface area contributed by atoms with E-state index in [-0.39, 0.29) is 5.69 Å². The van der Waals surface area contributed by atoms with Crippen LogP contribution in [0.2, 0.25) is 15.1 Å². The third-order valence-corrected chi connectivity index (χ3v) is 4.89. The van der Waals surface area contributed by atoms with Crippen molar-refractivity contribution < 1.29 is 9.53 Å². The molecule has 1 aromatic heterocycles. The van der Waals surface area contributed by atoms with Gasteiger partial charge < -0.3 is 4.74 Å². The second-order valence-corrected chi connectivity index (χ2v) is 7.42. The Bertz CT molecular complexity index is 971. The lowest BCUT2D eigenvalue weighted by Gasteiger charge is -2.10. The van der Waals surface area contributed by atoms with Crippen molar-refractivity contribution in [2.75, 3.05) is 6.61 Å². The number of carbonyl (C=O) groups excluding carboxylic acids is 1. The molecule has 0 amide bonds. The zero-order valence-electron chi connectivity index (χ0n) is 15.2. The summed E-state index contributed by atoms with van der Waals surface area (Å²) in [5.41, 5.74) is 1.85. The molecule has 146 valence electrons. The molecule has 0 saturated carbocycles. The summed E-state index contributed by atoms with van der Waals surface area (Å²) in [5, 5.41) is 9.68. The molecule has 0 spiro atoms. The van der Waals surface area contributed by atoms with Crippen LogP contribution in [0.1, 0.15) is 36.7 Å². The number of aromatic nitrogens is 3. The molecule has 0 N–H and O–H groups in total. The van der Waals surface area contributed by atoms with E-state index >= 15 is 0 Å². The van der Waals surface area contributed by atoms with Crippen LogP contribution in [0.5, 0.6) is 0 Å². The van der Waals surface area contributed by atoms with Crippen LogP contribution < -0.4 is 0 Å². The second kappa shape index (κ2) is 9.41. The summed E-state index contributed by atoms with van der Waals surface area (Å²) in [5.74, 6) is -0.530. The van der Waals surface area contributed by atoms with Crippen molar-refractivity contribution in [3.05, 3.63) is 63.2 Å². The number of ether oxygens (including phenoxy) is 1. The smallest absolute Gasteiger partial charge is 0.361 e. The molecule has 5 nitrogen and oxygen atoms in total. The van der Waals surface area contributed by atoms with Crippen molar-refractivity contribution >= 4 is 40.8 Å². The molecule has 0 saturated heterocycles. The summed E-state index contributed by atoms with van der Waals surface area (Å²) in [6, 6.07) is 12.1. The Morgan fingerprint density at radius 3 is 2.43 bits per heavy atom. The van der Waals surface area contributed by atoms with Gasteiger partial charge >= 0.3 is 5.97 Å². The van der Waals surface area contributed by atoms with E-state index in [9.17, 15) is 4.79 Å². The first-order chi connectivity index (χ1) is 13.5. The number of benzene rings is 2. The van der Waals surface area contributed by atoms with Crippen molar-refractivity contribution in [2.24, 2.45) is 0 Å². The van der Waals surface area contributed by atoms with Crippen LogP contribution in [0.25, 0.3) is 16.9 Å². The minimum Gasteiger partial charge on any atom is -0.461 e. The highest BCUT2D eigenvalue weighted by Gasteiger charge is 2.24. The van der Waals surface area contributed by atoms with Gasteiger partial charge in [0.15, 0.2) is 5.69 Å². The van der Waals surface area contributed by atoms with E-state index in [1.807, 2.05) is 0 Å². The minimum atomic E-state index is -0.530. The molecule has 3 aromatic rings. The average molecular weight is 439 g/mol. The van der Waals surface area contributed by atoms with Gasteiger partial charge in [-0.25, -0.2) is 9.48 Å². The monoisotopic (exact) mass is 437 g/mol. The summed E-state index contributed by atoms with van der Waals surface area (Å²) >= 11 is 18.4. The number of halogens is 3. The van der Waals surface area contributed by atoms with E-state index in [4.69, 9.17) is 39.5 Å². The molecule has 3 rings (SSSR count). The van der Waals surface area contributed by atoms with Crippen molar-refractivity contribution in [3.8, 4) is 16.9 Å². The Morgan fingerprint density at radius 1 is 1.04 bits per heavy atom. The number of esters is 1. The predicted octanol–water partition coefficient (Wildman–Crippen LogP) is 6.24. The summed E-state index contributed by atoms with van der Waals surface area (Å²) in [6.45, 7) is 2.42. The second-order valence-electron chi connectivity index (χ2n) is 6.14. The van der Waals surface area contributed by atoms with Crippen LogP contribution in [-0.2, 0) is 4.74 Å². The Balaban J connectivity index is 2.04. The largest absolute Gasteiger partial charge is 0.461 e. The van der Waals surface area contributed by atoms with Crippen molar-refractivity contribution in [1.29, 1.82) is 0 Å². The van der Waals surface area contributed by atoms with E-state index in [1.54, 1.807) is 42.5 Å². The van der Waals surface area contributed by atoms with E-state index < -0.39 is 5.97 Å². The summed E-state index contributed by atoms with van der Waals surface area (Å²) in [6.07, 6.45) is 2.83. The van der Waals surface area contributed by atoms with Gasteiger partial charge in [-0.05, 0) is 36.8 Å². The van der Waals surface area contributed by atoms with Gasteiger partial charge in [-0.2, -0.15) is 0 Å². The Hall–Kier alpha value is -2.08. The molecule has 0 aliphatic heterocycles. The van der Waals surface area contributed by atoms with E-state index in [1.165, 1.54) is 4.68 Å². The van der Waals surface area contributed by atoms with Gasteiger partial charge in [0, 0.05) is 15.6 Å². The molecule has 0 bridgehead atoms. The SMILES string of the molecule is CCCCCOC(=O)c1nnn(-c2ccc(Cl)cc2Cl)c1-c1ccc(Cl)cc1. The number of hydrogen-bond donors (Lipinski definition) is 0. The molecule has 0 radical (unpaired) electrons. The van der Waals surface area contributed by atoms with Crippen LogP contribution in [0, 0.1) is 0 Å². The molecule has 0 aliphatic rings. The van der Waals surface area contributed by atoms with Gasteiger partial charge in [0.05, 0.1) is 17.3 Å². The highest BCUT2D eigenvalue weighted by Crippen LogP contribution is 2.31. The molecular formula is C20H18Cl3N3O2. The summed E-state index contributed by atoms with van der Waals surface area (Å²) in [7, 11) is 0. The van der Waals surface area contributed by atoms with Gasteiger partial charge in [0.2, 0.25) is 0 Å². The summed E-state index contributed by atoms with van der Waals surface area (Å²) < 4.78 is 6.88. The van der Waals surface area contributed by atoms with E-state index in [0.29, 0.717) is 38.6 Å². The fourth-order valence-corrected chi connectivity index (χ4v) is 3.31. The Morgan fingerprint density at radius 2 is 1.75 bits per heavy atom. The molecular weight excluding hydrogens is 421 g/mol. The maximum absolute atomic E-state index is 12.6. The molecule has 28 heavy (non-hydrogen) atoms. The van der Waals surface area contributed by atoms with Crippen LogP contribution in [-0.4, -0.2) is 27.6 Å². The van der Waals surface area contributed by atoms with Crippen LogP contribution in [0.15, 0.2) is 42.5 Å². The van der Waals surface area contributed by atoms with Gasteiger partial charge in [0.1, 0.15) is 5.69 Å². The first-order valence-corrected chi connectivity index (χ1v) is 9.99. The highest BCUT2D eigenvalue weighted by molar-refractivity contribution is 6.35. The normalized spacial score (nSPS) is 10.9. The van der Waals surface area contributed by atoms with Crippen LogP contribution >= 0.6 is 34.8 Å². The lowest BCUT2D eigenvalue weighted by molar-refractivity contribution is 0.0492. The van der Waals surface area contributed by atoms with E-state index in [0.717, 1.165) is 19.3 Å². The average Bonchev–Trinajstić information content (AvgIpc) is 3.10. The Kier molecular flexibility index (Phi) is 6.94. The molecule has 1 heterocycles. The van der Waals surface area contributed by atoms with Crippen LogP contribution in [0.3, 0.4) is 0 Å². The molecule has 0 atom stereocenters. The van der Waals surface area contributed by atoms with Gasteiger partial charge in [-0.15, -0.1) is 5.10 Å². The van der Waals surface area contributed by atoms with Crippen molar-refractivity contribution in [3.63, 3.8) is 0 Å². The quantitative estimate of drug-likeness (QED) is 0.323. The molecule has 8 heteroatoms. The standard InChI is InChI=1S/C20H18Cl3N3O2/c1-2-3-4-11-28-20(27)18-19(13-5-7-14(21)8-6-13)26(25-24-18)17-10-9-15(22)12-16(17)23/h5-10,12H,2-4,11H2,1H3. The molecule has 0 fully saturated rings. The number of rotatable bonds is 7. The molecule has 0 unspecified atom stereocenters. The highest BCUT2D eigenvalue weighted by atomic mass is 35.5. The summed E-state index contributed by atoms with van der Waals surface area (Å²) in [4.78, 5) is 12.6. The first-order valence-electron chi connectivity index (χ1n) is 8.85. The maximum Gasteiger partial charge on any atom is 0.361 e. The number of nitrogens with zero attached hydrogens (tertiary/aromatic N) is 3. The maximum atomic E-state index is 12.6. The van der Waals surface area contributed by atoms with Gasteiger partial charge in [-0.1, -0.05) is 71.9 Å². The van der Waals surface area contributed by atoms with Gasteiger partial charge in [0.25, 0.3) is 0 Å². The fourth-order valence-electron chi connectivity index (χ4n) is 2.69. The molecule has 0 aliphatic carbocycles. The molecule has 2 aromatic carbocycles. The van der Waals surface area contributed by atoms with Crippen LogP contribution in [0.4, 0.5) is 0 Å². The zero-order chi connectivity index (χ0) is 20.1. The van der Waals surface area contributed by atoms with Crippen molar-refractivity contribution in [1.82, 2.24) is 15.0 Å². The lowest BCUT2D eigenvalue weighted by atomic mass is 10.1. The number of unbranched alkanes of at least 4 members (excludes halogenated alkanes) is 2. The third kappa shape index (κ3) is 4.66. The zero-order valence-corrected chi connectivity index (χ0v) is 17.4. The number of hydrogen-bond acceptors (Lipinski definition) is 4. The van der Waals surface area contributed by atoms with E-state index in [2.05, 4.69) is 17.2 Å². The first kappa shape index (κ1) is 20.6. The minimum absolute atomic E-state index is 0.116. The predicted molar refractivity (Wildman–Crippen MR) is 112 cm³/mol. The number of carbonyl (C=O) groups is 1. The van der Waals surface area contributed by atoms with Gasteiger partial charge in [-0.3, -0.25) is 0 Å². The van der Waals surface area contributed by atoms with Crippen molar-refractivity contribution in [2.45, 2.75) is 26.2 Å². The lowest BCUT2D eigenvalue weighted by Crippen LogP contribution is -2.09. The fraction of sp³-hybridized carbons (Fsp3) is 0.250.